The Balaban J connectivity index is 1.09. The minimum Gasteiger partial charge on any atom is -0.228 e. The zero-order valence-electron chi connectivity index (χ0n) is 32.3. The minimum absolute atomic E-state index is 0.431. The van der Waals surface area contributed by atoms with Crippen LogP contribution in [0.3, 0.4) is 0 Å². The third-order valence-electron chi connectivity index (χ3n) is 12.0. The molecule has 1 aliphatic carbocycles. The first-order valence-corrected chi connectivity index (χ1v) is 20.2. The highest BCUT2D eigenvalue weighted by atomic mass is 14.9. The summed E-state index contributed by atoms with van der Waals surface area (Å²) < 4.78 is 0. The van der Waals surface area contributed by atoms with E-state index >= 15 is 0 Å². The summed E-state index contributed by atoms with van der Waals surface area (Å²) in [6, 6.07) is 82.9. The number of aromatic nitrogens is 2. The van der Waals surface area contributed by atoms with Crippen LogP contribution in [0.15, 0.2) is 231 Å². The highest BCUT2D eigenvalue weighted by molar-refractivity contribution is 6.05. The fourth-order valence-electron chi connectivity index (χ4n) is 9.41. The molecule has 11 rings (SSSR count). The Morgan fingerprint density at radius 3 is 1.41 bits per heavy atom. The molecule has 0 saturated carbocycles. The highest BCUT2D eigenvalue weighted by Crippen LogP contribution is 2.56. The lowest BCUT2D eigenvalue weighted by molar-refractivity contribution is 0.768. The second kappa shape index (κ2) is 14.4. The number of fused-ring (bicyclic) bond motifs is 4. The maximum absolute atomic E-state index is 5.29. The average Bonchev–Trinajstić information content (AvgIpc) is 3.62. The van der Waals surface area contributed by atoms with Crippen LogP contribution in [0.1, 0.15) is 22.3 Å². The zero-order chi connectivity index (χ0) is 39.2. The predicted octanol–water partition coefficient (Wildman–Crippen LogP) is 14.3. The number of rotatable bonds is 7. The topological polar surface area (TPSA) is 25.8 Å². The van der Waals surface area contributed by atoms with Gasteiger partial charge in [-0.3, -0.25) is 0 Å². The largest absolute Gasteiger partial charge is 0.228 e. The van der Waals surface area contributed by atoms with Gasteiger partial charge >= 0.3 is 0 Å². The Morgan fingerprint density at radius 2 is 0.746 bits per heavy atom. The Labute approximate surface area is 344 Å². The van der Waals surface area contributed by atoms with E-state index < -0.39 is 5.41 Å². The lowest BCUT2D eigenvalue weighted by Gasteiger charge is -2.33. The van der Waals surface area contributed by atoms with Crippen LogP contribution in [0.2, 0.25) is 0 Å². The number of nitrogens with zero attached hydrogens (tertiary/aromatic N) is 2. The van der Waals surface area contributed by atoms with E-state index in [2.05, 4.69) is 212 Å². The summed E-state index contributed by atoms with van der Waals surface area (Å²) in [4.78, 5) is 10.5. The lowest BCUT2D eigenvalue weighted by Crippen LogP contribution is -2.28. The molecule has 59 heavy (non-hydrogen) atoms. The van der Waals surface area contributed by atoms with E-state index in [9.17, 15) is 0 Å². The van der Waals surface area contributed by atoms with Gasteiger partial charge < -0.3 is 0 Å². The second-order valence-electron chi connectivity index (χ2n) is 15.2. The van der Waals surface area contributed by atoms with Gasteiger partial charge in [-0.25, -0.2) is 9.97 Å². The molecule has 2 heteroatoms. The molecular formula is C57H38N2. The normalized spacial score (nSPS) is 12.5. The SMILES string of the molecule is c1ccc(-c2nc(-c3ccccc3-c3ccccc3)cc(-c3ccc(-c4ccc5c(c4)-c4ccccc4C5(c4ccccc4)c4ccccc4)c4ccccc34)n2)cc1. The van der Waals surface area contributed by atoms with Crippen LogP contribution in [-0.4, -0.2) is 9.97 Å². The maximum atomic E-state index is 5.29. The summed E-state index contributed by atoms with van der Waals surface area (Å²) in [6.45, 7) is 0. The molecule has 0 N–H and O–H groups in total. The Kier molecular flexibility index (Phi) is 8.41. The molecule has 1 aliphatic rings. The van der Waals surface area contributed by atoms with Crippen molar-refractivity contribution in [3.63, 3.8) is 0 Å². The van der Waals surface area contributed by atoms with E-state index in [1.807, 2.05) is 18.2 Å². The fraction of sp³-hybridized carbons (Fsp3) is 0.0175. The van der Waals surface area contributed by atoms with E-state index in [0.29, 0.717) is 5.82 Å². The minimum atomic E-state index is -0.431. The summed E-state index contributed by atoms with van der Waals surface area (Å²) in [5.74, 6) is 0.701. The summed E-state index contributed by atoms with van der Waals surface area (Å²) in [5.41, 5.74) is 16.8. The molecule has 0 atom stereocenters. The molecule has 0 bridgehead atoms. The van der Waals surface area contributed by atoms with Crippen molar-refractivity contribution >= 4 is 10.8 Å². The van der Waals surface area contributed by atoms with Crippen LogP contribution in [0, 0.1) is 0 Å². The van der Waals surface area contributed by atoms with Gasteiger partial charge in [0.25, 0.3) is 0 Å². The van der Waals surface area contributed by atoms with Gasteiger partial charge in [-0.1, -0.05) is 218 Å². The molecule has 9 aromatic carbocycles. The standard InChI is InChI=1S/C57H38N2/c1-5-19-39(20-6-1)44-27-13-16-31-49(44)54-38-55(59-56(58-54)40-21-7-2-8-22-40)50-35-34-45(46-28-14-15-29-47(46)50)41-33-36-53-51(37-41)48-30-17-18-32-52(48)57(53,42-23-9-3-10-24-42)43-25-11-4-12-26-43/h1-38H. The molecule has 276 valence electrons. The van der Waals surface area contributed by atoms with Gasteiger partial charge in [0.05, 0.1) is 16.8 Å². The quantitative estimate of drug-likeness (QED) is 0.162. The van der Waals surface area contributed by atoms with Gasteiger partial charge in [0.15, 0.2) is 5.82 Å². The Morgan fingerprint density at radius 1 is 0.271 bits per heavy atom. The first-order valence-electron chi connectivity index (χ1n) is 20.2. The van der Waals surface area contributed by atoms with Crippen molar-refractivity contribution in [1.82, 2.24) is 9.97 Å². The highest BCUT2D eigenvalue weighted by Gasteiger charge is 2.46. The van der Waals surface area contributed by atoms with Crippen molar-refractivity contribution in [2.45, 2.75) is 5.41 Å². The molecule has 0 saturated heterocycles. The number of hydrogen-bond acceptors (Lipinski definition) is 2. The predicted molar refractivity (Wildman–Crippen MR) is 244 cm³/mol. The number of hydrogen-bond donors (Lipinski definition) is 0. The lowest BCUT2D eigenvalue weighted by atomic mass is 9.67. The molecule has 0 radical (unpaired) electrons. The molecule has 0 aliphatic heterocycles. The average molecular weight is 751 g/mol. The zero-order valence-corrected chi connectivity index (χ0v) is 32.3. The van der Waals surface area contributed by atoms with Gasteiger partial charge in [-0.2, -0.15) is 0 Å². The molecule has 1 aromatic heterocycles. The summed E-state index contributed by atoms with van der Waals surface area (Å²) in [5, 5.41) is 2.33. The first-order chi connectivity index (χ1) is 29.3. The van der Waals surface area contributed by atoms with E-state index in [4.69, 9.17) is 9.97 Å². The Bertz CT molecular complexity index is 3100. The molecule has 0 amide bonds. The van der Waals surface area contributed by atoms with Gasteiger partial charge in [-0.15, -0.1) is 0 Å². The Hall–Kier alpha value is -7.68. The molecule has 10 aromatic rings. The monoisotopic (exact) mass is 750 g/mol. The molecule has 0 fully saturated rings. The van der Waals surface area contributed by atoms with E-state index in [1.54, 1.807) is 0 Å². The molecule has 0 unspecified atom stereocenters. The van der Waals surface area contributed by atoms with Crippen LogP contribution in [0.5, 0.6) is 0 Å². The van der Waals surface area contributed by atoms with Gasteiger partial charge in [0, 0.05) is 16.7 Å². The van der Waals surface area contributed by atoms with E-state index in [0.717, 1.165) is 44.6 Å². The van der Waals surface area contributed by atoms with Crippen molar-refractivity contribution in [1.29, 1.82) is 0 Å². The van der Waals surface area contributed by atoms with Crippen molar-refractivity contribution in [3.8, 4) is 67.3 Å². The van der Waals surface area contributed by atoms with Crippen molar-refractivity contribution in [3.05, 3.63) is 253 Å². The van der Waals surface area contributed by atoms with Crippen LogP contribution < -0.4 is 0 Å². The molecule has 2 nitrogen and oxygen atoms in total. The van der Waals surface area contributed by atoms with E-state index in [-0.39, 0.29) is 0 Å². The third-order valence-corrected chi connectivity index (χ3v) is 12.0. The van der Waals surface area contributed by atoms with Gasteiger partial charge in [-0.05, 0) is 78.5 Å². The van der Waals surface area contributed by atoms with Crippen molar-refractivity contribution in [2.75, 3.05) is 0 Å². The van der Waals surface area contributed by atoms with Gasteiger partial charge in [0.1, 0.15) is 0 Å². The van der Waals surface area contributed by atoms with E-state index in [1.165, 1.54) is 49.9 Å². The smallest absolute Gasteiger partial charge is 0.160 e. The number of benzene rings is 9. The van der Waals surface area contributed by atoms with Crippen molar-refractivity contribution < 1.29 is 0 Å². The maximum Gasteiger partial charge on any atom is 0.160 e. The molecule has 0 spiro atoms. The summed E-state index contributed by atoms with van der Waals surface area (Å²) in [7, 11) is 0. The summed E-state index contributed by atoms with van der Waals surface area (Å²) >= 11 is 0. The molecule has 1 heterocycles. The van der Waals surface area contributed by atoms with Crippen LogP contribution in [0.25, 0.3) is 78.1 Å². The van der Waals surface area contributed by atoms with Crippen LogP contribution in [0.4, 0.5) is 0 Å². The fourth-order valence-corrected chi connectivity index (χ4v) is 9.41. The van der Waals surface area contributed by atoms with Crippen LogP contribution in [-0.2, 0) is 5.41 Å². The third kappa shape index (κ3) is 5.72. The molecular weight excluding hydrogens is 713 g/mol. The second-order valence-corrected chi connectivity index (χ2v) is 15.2. The first kappa shape index (κ1) is 34.6. The van der Waals surface area contributed by atoms with Crippen LogP contribution >= 0.6 is 0 Å². The summed E-state index contributed by atoms with van der Waals surface area (Å²) in [6.07, 6.45) is 0. The van der Waals surface area contributed by atoms with Crippen molar-refractivity contribution in [2.24, 2.45) is 0 Å². The van der Waals surface area contributed by atoms with Gasteiger partial charge in [0.2, 0.25) is 0 Å².